The van der Waals surface area contributed by atoms with E-state index in [4.69, 9.17) is 70.1 Å². The van der Waals surface area contributed by atoms with Gasteiger partial charge in [-0.3, -0.25) is 0 Å². The summed E-state index contributed by atoms with van der Waals surface area (Å²) in [5, 5.41) is 0.748. The molecule has 0 unspecified atom stereocenters. The Morgan fingerprint density at radius 3 is 2.07 bits per heavy atom. The molecule has 0 saturated carbocycles. The van der Waals surface area contributed by atoms with Crippen LogP contribution >= 0.6 is 46.4 Å². The summed E-state index contributed by atoms with van der Waals surface area (Å²) >= 11 is 23.6. The maximum atomic E-state index is 6.25. The highest BCUT2D eigenvalue weighted by Crippen LogP contribution is 2.37. The van der Waals surface area contributed by atoms with Crippen LogP contribution < -0.4 is 9.47 Å². The average molecular weight is 504 g/mol. The van der Waals surface area contributed by atoms with E-state index in [-0.39, 0.29) is 17.4 Å². The molecule has 172 valence electrons. The maximum absolute atomic E-state index is 6.25. The van der Waals surface area contributed by atoms with E-state index in [1.54, 1.807) is 12.1 Å². The molecule has 0 aliphatic heterocycles. The minimum absolute atomic E-state index is 0.133. The third-order valence-corrected chi connectivity index (χ3v) is 4.53. The monoisotopic (exact) mass is 502 g/mol. The highest BCUT2D eigenvalue weighted by Gasteiger charge is 2.11. The van der Waals surface area contributed by atoms with E-state index in [1.807, 2.05) is 0 Å². The molecule has 0 fully saturated rings. The fraction of sp³-hybridized carbons (Fsp3) is 0.619. The van der Waals surface area contributed by atoms with Crippen molar-refractivity contribution in [2.45, 2.75) is 45.8 Å². The summed E-state index contributed by atoms with van der Waals surface area (Å²) in [7, 11) is 0. The van der Waals surface area contributed by atoms with Crippen LogP contribution in [0.15, 0.2) is 22.7 Å². The molecule has 9 heteroatoms. The number of hydrogen-bond acceptors (Lipinski definition) is 5. The fourth-order valence-corrected chi connectivity index (χ4v) is 2.96. The van der Waals surface area contributed by atoms with Crippen LogP contribution in [0.2, 0.25) is 10.0 Å². The summed E-state index contributed by atoms with van der Waals surface area (Å²) in [6.45, 7) is 7.14. The van der Waals surface area contributed by atoms with Crippen LogP contribution in [0.4, 0.5) is 0 Å². The Labute approximate surface area is 199 Å². The van der Waals surface area contributed by atoms with Crippen molar-refractivity contribution in [3.05, 3.63) is 32.7 Å². The molecule has 0 spiro atoms. The summed E-state index contributed by atoms with van der Waals surface area (Å²) in [5.41, 5.74) is 0. The van der Waals surface area contributed by atoms with E-state index in [9.17, 15) is 0 Å². The van der Waals surface area contributed by atoms with Crippen LogP contribution in [0.3, 0.4) is 0 Å². The SMILES string of the molecule is CCCOC(COCCCCOc1c(Cl)cc(OCC=C(Cl)Cl)cc1Cl)OCCC. The molecular weight excluding hydrogens is 474 g/mol. The molecule has 30 heavy (non-hydrogen) atoms. The molecule has 0 saturated heterocycles. The molecule has 0 N–H and O–H groups in total. The molecule has 1 aromatic rings. The van der Waals surface area contributed by atoms with E-state index in [2.05, 4.69) is 13.8 Å². The molecule has 0 atom stereocenters. The number of ether oxygens (including phenoxy) is 5. The Bertz CT molecular complexity index is 592. The van der Waals surface area contributed by atoms with Crippen molar-refractivity contribution in [3.8, 4) is 11.5 Å². The van der Waals surface area contributed by atoms with Gasteiger partial charge < -0.3 is 23.7 Å². The maximum Gasteiger partial charge on any atom is 0.180 e. The highest BCUT2D eigenvalue weighted by molar-refractivity contribution is 6.55. The third-order valence-electron chi connectivity index (χ3n) is 3.66. The number of halogens is 4. The number of rotatable bonds is 17. The minimum atomic E-state index is -0.310. The van der Waals surface area contributed by atoms with Crippen molar-refractivity contribution in [2.75, 3.05) is 39.6 Å². The van der Waals surface area contributed by atoms with Crippen molar-refractivity contribution < 1.29 is 23.7 Å². The molecular formula is C21H30Cl4O5. The van der Waals surface area contributed by atoms with Crippen molar-refractivity contribution in [1.82, 2.24) is 0 Å². The van der Waals surface area contributed by atoms with E-state index >= 15 is 0 Å². The van der Waals surface area contributed by atoms with E-state index in [0.717, 1.165) is 25.7 Å². The van der Waals surface area contributed by atoms with Gasteiger partial charge in [0.1, 0.15) is 16.8 Å². The van der Waals surface area contributed by atoms with Gasteiger partial charge in [0.15, 0.2) is 12.0 Å². The average Bonchev–Trinajstić information content (AvgIpc) is 2.70. The third kappa shape index (κ3) is 12.5. The largest absolute Gasteiger partial charge is 0.490 e. The van der Waals surface area contributed by atoms with Crippen LogP contribution in [0.5, 0.6) is 11.5 Å². The second kappa shape index (κ2) is 17.2. The Morgan fingerprint density at radius 1 is 0.900 bits per heavy atom. The predicted molar refractivity (Wildman–Crippen MR) is 124 cm³/mol. The summed E-state index contributed by atoms with van der Waals surface area (Å²) in [6.07, 6.45) is 4.72. The zero-order valence-corrected chi connectivity index (χ0v) is 20.5. The zero-order chi connectivity index (χ0) is 22.2. The molecule has 0 aliphatic rings. The Morgan fingerprint density at radius 2 is 1.50 bits per heavy atom. The first-order valence-electron chi connectivity index (χ1n) is 10.0. The van der Waals surface area contributed by atoms with Gasteiger partial charge in [-0.25, -0.2) is 0 Å². The van der Waals surface area contributed by atoms with Gasteiger partial charge in [0.2, 0.25) is 0 Å². The van der Waals surface area contributed by atoms with E-state index in [1.165, 1.54) is 6.08 Å². The summed E-state index contributed by atoms with van der Waals surface area (Å²) < 4.78 is 28.2. The second-order valence-electron chi connectivity index (χ2n) is 6.32. The van der Waals surface area contributed by atoms with Crippen LogP contribution in [0.1, 0.15) is 39.5 Å². The lowest BCUT2D eigenvalue weighted by Gasteiger charge is -2.18. The van der Waals surface area contributed by atoms with Gasteiger partial charge in [-0.15, -0.1) is 0 Å². The van der Waals surface area contributed by atoms with Gasteiger partial charge in [-0.2, -0.15) is 0 Å². The van der Waals surface area contributed by atoms with E-state index < -0.39 is 0 Å². The van der Waals surface area contributed by atoms with Gasteiger partial charge in [0.25, 0.3) is 0 Å². The normalized spacial score (nSPS) is 11.0. The molecule has 0 heterocycles. The van der Waals surface area contributed by atoms with E-state index in [0.29, 0.717) is 54.6 Å². The molecule has 0 amide bonds. The van der Waals surface area contributed by atoms with Gasteiger partial charge in [-0.05, 0) is 31.8 Å². The summed E-state index contributed by atoms with van der Waals surface area (Å²) in [4.78, 5) is 0. The zero-order valence-electron chi connectivity index (χ0n) is 17.4. The summed E-state index contributed by atoms with van der Waals surface area (Å²) in [5.74, 6) is 0.931. The van der Waals surface area contributed by atoms with Gasteiger partial charge in [-0.1, -0.05) is 60.3 Å². The number of benzene rings is 1. The Hall–Kier alpha value is -0.400. The van der Waals surface area contributed by atoms with Crippen molar-refractivity contribution >= 4 is 46.4 Å². The van der Waals surface area contributed by atoms with Gasteiger partial charge in [0, 0.05) is 32.0 Å². The lowest BCUT2D eigenvalue weighted by atomic mass is 10.3. The van der Waals surface area contributed by atoms with Crippen LogP contribution in [-0.4, -0.2) is 45.9 Å². The molecule has 0 radical (unpaired) electrons. The van der Waals surface area contributed by atoms with Crippen molar-refractivity contribution in [1.29, 1.82) is 0 Å². The minimum Gasteiger partial charge on any atom is -0.490 e. The smallest absolute Gasteiger partial charge is 0.180 e. The Balaban J connectivity index is 2.29. The first-order valence-corrected chi connectivity index (χ1v) is 11.6. The molecule has 0 aromatic heterocycles. The van der Waals surface area contributed by atoms with Crippen molar-refractivity contribution in [3.63, 3.8) is 0 Å². The van der Waals surface area contributed by atoms with Gasteiger partial charge in [0.05, 0.1) is 23.3 Å². The molecule has 0 bridgehead atoms. The topological polar surface area (TPSA) is 46.2 Å². The van der Waals surface area contributed by atoms with Crippen LogP contribution in [-0.2, 0) is 14.2 Å². The fourth-order valence-electron chi connectivity index (χ4n) is 2.26. The molecule has 1 rings (SSSR count). The van der Waals surface area contributed by atoms with Crippen LogP contribution in [0.25, 0.3) is 0 Å². The molecule has 0 aliphatic carbocycles. The highest BCUT2D eigenvalue weighted by atomic mass is 35.5. The standard InChI is InChI=1S/C21H30Cl4O5/c1-3-8-28-20(29-9-4-2)15-26-10-5-6-11-30-21-17(22)13-16(14-18(21)23)27-12-7-19(24)25/h7,13-14,20H,3-6,8-12,15H2,1-2H3. The lowest BCUT2D eigenvalue weighted by Crippen LogP contribution is -2.24. The first-order chi connectivity index (χ1) is 14.5. The molecule has 5 nitrogen and oxygen atoms in total. The predicted octanol–water partition coefficient (Wildman–Crippen LogP) is 7.05. The van der Waals surface area contributed by atoms with Crippen molar-refractivity contribution in [2.24, 2.45) is 0 Å². The second-order valence-corrected chi connectivity index (χ2v) is 8.14. The van der Waals surface area contributed by atoms with Gasteiger partial charge >= 0.3 is 0 Å². The first kappa shape index (κ1) is 27.6. The Kier molecular flexibility index (Phi) is 15.8. The number of unbranched alkanes of at least 4 members (excludes halogenated alkanes) is 1. The number of hydrogen-bond donors (Lipinski definition) is 0. The van der Waals surface area contributed by atoms with Crippen LogP contribution in [0, 0.1) is 0 Å². The quantitative estimate of drug-likeness (QED) is 0.168. The lowest BCUT2D eigenvalue weighted by molar-refractivity contribution is -0.172. The molecule has 1 aromatic carbocycles. The summed E-state index contributed by atoms with van der Waals surface area (Å²) in [6, 6.07) is 3.27.